The zero-order chi connectivity index (χ0) is 13.6. The van der Waals surface area contributed by atoms with Gasteiger partial charge in [-0.2, -0.15) is 4.31 Å². The van der Waals surface area contributed by atoms with E-state index in [1.807, 2.05) is 13.0 Å². The normalized spacial score (nSPS) is 27.7. The van der Waals surface area contributed by atoms with E-state index in [0.29, 0.717) is 29.8 Å². The van der Waals surface area contributed by atoms with Crippen LogP contribution in [0.2, 0.25) is 0 Å². The topological polar surface area (TPSA) is 49.4 Å². The highest BCUT2D eigenvalue weighted by Crippen LogP contribution is 2.31. The Bertz CT molecular complexity index is 570. The predicted molar refractivity (Wildman–Crippen MR) is 77.5 cm³/mol. The Morgan fingerprint density at radius 2 is 1.84 bits per heavy atom. The maximum absolute atomic E-state index is 12.7. The molecular weight excluding hydrogens is 328 g/mol. The number of nitrogens with zero attached hydrogens (tertiary/aromatic N) is 1. The van der Waals surface area contributed by atoms with Crippen molar-refractivity contribution in [1.82, 2.24) is 9.62 Å². The summed E-state index contributed by atoms with van der Waals surface area (Å²) >= 11 is 3.37. The van der Waals surface area contributed by atoms with E-state index in [0.717, 1.165) is 23.1 Å². The van der Waals surface area contributed by atoms with Crippen molar-refractivity contribution in [1.29, 1.82) is 0 Å². The Labute approximate surface area is 122 Å². The molecule has 2 atom stereocenters. The van der Waals surface area contributed by atoms with Gasteiger partial charge in [-0.3, -0.25) is 0 Å². The van der Waals surface area contributed by atoms with Crippen molar-refractivity contribution in [2.75, 3.05) is 26.2 Å². The van der Waals surface area contributed by atoms with Crippen molar-refractivity contribution in [2.45, 2.75) is 11.8 Å². The van der Waals surface area contributed by atoms with E-state index in [9.17, 15) is 8.42 Å². The van der Waals surface area contributed by atoms with Crippen LogP contribution in [0.3, 0.4) is 0 Å². The molecular formula is C13H17BrN2O2S. The summed E-state index contributed by atoms with van der Waals surface area (Å²) in [5, 5.41) is 3.33. The number of hydrogen-bond acceptors (Lipinski definition) is 3. The van der Waals surface area contributed by atoms with Crippen LogP contribution in [0.5, 0.6) is 0 Å². The van der Waals surface area contributed by atoms with E-state index in [1.165, 1.54) is 0 Å². The first kappa shape index (κ1) is 13.5. The van der Waals surface area contributed by atoms with Gasteiger partial charge in [0.2, 0.25) is 10.0 Å². The molecule has 0 spiro atoms. The summed E-state index contributed by atoms with van der Waals surface area (Å²) in [7, 11) is -3.35. The van der Waals surface area contributed by atoms with Crippen molar-refractivity contribution in [3.63, 3.8) is 0 Å². The van der Waals surface area contributed by atoms with Crippen LogP contribution in [0.15, 0.2) is 27.6 Å². The van der Waals surface area contributed by atoms with Crippen molar-refractivity contribution in [3.05, 3.63) is 28.2 Å². The van der Waals surface area contributed by atoms with Gasteiger partial charge < -0.3 is 5.32 Å². The zero-order valence-electron chi connectivity index (χ0n) is 10.8. The van der Waals surface area contributed by atoms with Gasteiger partial charge in [0.1, 0.15) is 0 Å². The quantitative estimate of drug-likeness (QED) is 0.886. The standard InChI is InChI=1S/C13H17BrN2O2S/c1-9-2-12(14)4-13(3-9)19(17,18)16-7-10-5-15-6-11(10)8-16/h2-4,10-11,15H,5-8H2,1H3/t10-,11+. The summed E-state index contributed by atoms with van der Waals surface area (Å²) in [4.78, 5) is 0.396. The Balaban J connectivity index is 1.91. The lowest BCUT2D eigenvalue weighted by atomic mass is 10.0. The summed E-state index contributed by atoms with van der Waals surface area (Å²) in [6, 6.07) is 5.35. The summed E-state index contributed by atoms with van der Waals surface area (Å²) in [5.74, 6) is 0.950. The first-order valence-electron chi connectivity index (χ1n) is 6.45. The number of halogens is 1. The molecule has 6 heteroatoms. The van der Waals surface area contributed by atoms with Crippen molar-refractivity contribution < 1.29 is 8.42 Å². The van der Waals surface area contributed by atoms with E-state index in [4.69, 9.17) is 0 Å². The highest BCUT2D eigenvalue weighted by molar-refractivity contribution is 9.10. The summed E-state index contributed by atoms with van der Waals surface area (Å²) < 4.78 is 27.8. The second-order valence-corrected chi connectivity index (χ2v) is 8.32. The number of rotatable bonds is 2. The molecule has 104 valence electrons. The number of hydrogen-bond donors (Lipinski definition) is 1. The fourth-order valence-corrected chi connectivity index (χ4v) is 5.45. The molecule has 0 radical (unpaired) electrons. The molecule has 19 heavy (non-hydrogen) atoms. The largest absolute Gasteiger partial charge is 0.316 e. The minimum atomic E-state index is -3.35. The van der Waals surface area contributed by atoms with Crippen LogP contribution in [0, 0.1) is 18.8 Å². The van der Waals surface area contributed by atoms with E-state index in [2.05, 4.69) is 21.2 Å². The molecule has 0 amide bonds. The molecule has 1 N–H and O–H groups in total. The third-order valence-corrected chi connectivity index (χ3v) is 6.28. The lowest BCUT2D eigenvalue weighted by Crippen LogP contribution is -2.32. The molecule has 0 bridgehead atoms. The molecule has 0 aromatic heterocycles. The van der Waals surface area contributed by atoms with Gasteiger partial charge in [0.15, 0.2) is 0 Å². The first-order valence-corrected chi connectivity index (χ1v) is 8.68. The van der Waals surface area contributed by atoms with Gasteiger partial charge in [-0.05, 0) is 55.6 Å². The highest BCUT2D eigenvalue weighted by atomic mass is 79.9. The van der Waals surface area contributed by atoms with Crippen molar-refractivity contribution >= 4 is 26.0 Å². The molecule has 2 fully saturated rings. The smallest absolute Gasteiger partial charge is 0.243 e. The molecule has 0 unspecified atom stereocenters. The first-order chi connectivity index (χ1) is 8.96. The van der Waals surface area contributed by atoms with Crippen LogP contribution in [0.4, 0.5) is 0 Å². The maximum atomic E-state index is 12.7. The van der Waals surface area contributed by atoms with Gasteiger partial charge in [-0.1, -0.05) is 15.9 Å². The van der Waals surface area contributed by atoms with Gasteiger partial charge in [-0.25, -0.2) is 8.42 Å². The molecule has 3 rings (SSSR count). The van der Waals surface area contributed by atoms with E-state index in [-0.39, 0.29) is 0 Å². The van der Waals surface area contributed by atoms with E-state index in [1.54, 1.807) is 16.4 Å². The van der Waals surface area contributed by atoms with Crippen LogP contribution in [0.1, 0.15) is 5.56 Å². The van der Waals surface area contributed by atoms with Crippen LogP contribution in [0.25, 0.3) is 0 Å². The predicted octanol–water partition coefficient (Wildman–Crippen LogP) is 1.60. The molecule has 1 aromatic carbocycles. The average molecular weight is 345 g/mol. The molecule has 0 saturated carbocycles. The molecule has 2 aliphatic rings. The number of benzene rings is 1. The van der Waals surface area contributed by atoms with Crippen LogP contribution < -0.4 is 5.32 Å². The fraction of sp³-hybridized carbons (Fsp3) is 0.538. The van der Waals surface area contributed by atoms with Gasteiger partial charge in [0, 0.05) is 17.6 Å². The summed E-state index contributed by atoms with van der Waals surface area (Å²) in [5.41, 5.74) is 0.953. The van der Waals surface area contributed by atoms with Gasteiger partial charge in [0.05, 0.1) is 4.90 Å². The zero-order valence-corrected chi connectivity index (χ0v) is 13.2. The van der Waals surface area contributed by atoms with Crippen molar-refractivity contribution in [2.24, 2.45) is 11.8 Å². The Hall–Kier alpha value is -0.430. The van der Waals surface area contributed by atoms with Gasteiger partial charge in [0.25, 0.3) is 0 Å². The Morgan fingerprint density at radius 3 is 2.42 bits per heavy atom. The number of fused-ring (bicyclic) bond motifs is 1. The van der Waals surface area contributed by atoms with E-state index >= 15 is 0 Å². The van der Waals surface area contributed by atoms with E-state index < -0.39 is 10.0 Å². The molecule has 2 heterocycles. The van der Waals surface area contributed by atoms with Crippen LogP contribution >= 0.6 is 15.9 Å². The van der Waals surface area contributed by atoms with Crippen molar-refractivity contribution in [3.8, 4) is 0 Å². The third-order valence-electron chi connectivity index (χ3n) is 4.01. The Morgan fingerprint density at radius 1 is 1.21 bits per heavy atom. The highest BCUT2D eigenvalue weighted by Gasteiger charge is 2.41. The second-order valence-electron chi connectivity index (χ2n) is 5.46. The lowest BCUT2D eigenvalue weighted by molar-refractivity contribution is 0.448. The average Bonchev–Trinajstić information content (AvgIpc) is 2.87. The molecule has 4 nitrogen and oxygen atoms in total. The molecule has 0 aliphatic carbocycles. The minimum Gasteiger partial charge on any atom is -0.316 e. The van der Waals surface area contributed by atoms with Crippen LogP contribution in [-0.4, -0.2) is 38.9 Å². The fourth-order valence-electron chi connectivity index (χ4n) is 3.01. The lowest BCUT2D eigenvalue weighted by Gasteiger charge is -2.18. The van der Waals surface area contributed by atoms with Gasteiger partial charge >= 0.3 is 0 Å². The SMILES string of the molecule is Cc1cc(Br)cc(S(=O)(=O)N2C[C@H]3CNC[C@H]3C2)c1. The van der Waals surface area contributed by atoms with Gasteiger partial charge in [-0.15, -0.1) is 0 Å². The van der Waals surface area contributed by atoms with Crippen LogP contribution in [-0.2, 0) is 10.0 Å². The Kier molecular flexibility index (Phi) is 3.45. The minimum absolute atomic E-state index is 0.396. The monoisotopic (exact) mass is 344 g/mol. The third kappa shape index (κ3) is 2.46. The number of sulfonamides is 1. The summed E-state index contributed by atoms with van der Waals surface area (Å²) in [6.07, 6.45) is 0. The summed E-state index contributed by atoms with van der Waals surface area (Å²) in [6.45, 7) is 5.08. The number of nitrogens with one attached hydrogen (secondary N) is 1. The molecule has 1 aromatic rings. The molecule has 2 saturated heterocycles. The maximum Gasteiger partial charge on any atom is 0.243 e. The molecule has 2 aliphatic heterocycles. The second kappa shape index (κ2) is 4.84. The number of aryl methyl sites for hydroxylation is 1.